The normalized spacial score (nSPS) is 16.1. The fraction of sp³-hybridized carbons (Fsp3) is 0.455. The number of benzene rings is 1. The molecule has 92 valence electrons. The summed E-state index contributed by atoms with van der Waals surface area (Å²) in [6.07, 6.45) is 0. The van der Waals surface area contributed by atoms with E-state index in [1.54, 1.807) is 0 Å². The summed E-state index contributed by atoms with van der Waals surface area (Å²) in [5, 5.41) is 3.31. The van der Waals surface area contributed by atoms with Gasteiger partial charge in [-0.2, -0.15) is 0 Å². The van der Waals surface area contributed by atoms with Crippen LogP contribution < -0.4 is 5.32 Å². The Morgan fingerprint density at radius 2 is 1.62 bits per heavy atom. The summed E-state index contributed by atoms with van der Waals surface area (Å²) in [5.74, 6) is -0.158. The Morgan fingerprint density at radius 3 is 2.19 bits per heavy atom. The molecule has 2 rings (SSSR count). The minimum absolute atomic E-state index is 0. The van der Waals surface area contributed by atoms with Crippen LogP contribution in [0.15, 0.2) is 24.3 Å². The third-order valence-corrected chi connectivity index (χ3v) is 2.53. The molecule has 0 atom stereocenters. The van der Waals surface area contributed by atoms with Gasteiger partial charge in [0.15, 0.2) is 0 Å². The lowest BCUT2D eigenvalue weighted by atomic mass is 10.2. The molecular weight excluding hydrogens is 250 g/mol. The topological polar surface area (TPSA) is 15.3 Å². The second-order valence-corrected chi connectivity index (χ2v) is 3.65. The highest BCUT2D eigenvalue weighted by molar-refractivity contribution is 5.85. The van der Waals surface area contributed by atoms with E-state index in [0.717, 1.165) is 32.7 Å². The Hall–Kier alpha value is -0.350. The Morgan fingerprint density at radius 1 is 1.06 bits per heavy atom. The summed E-state index contributed by atoms with van der Waals surface area (Å²) in [4.78, 5) is 2.38. The van der Waals surface area contributed by atoms with Crippen molar-refractivity contribution in [3.63, 3.8) is 0 Å². The summed E-state index contributed by atoms with van der Waals surface area (Å²) < 4.78 is 12.6. The van der Waals surface area contributed by atoms with E-state index in [9.17, 15) is 4.39 Å². The van der Waals surface area contributed by atoms with E-state index >= 15 is 0 Å². The van der Waals surface area contributed by atoms with Crippen LogP contribution in [0.5, 0.6) is 0 Å². The number of nitrogens with one attached hydrogen (secondary N) is 1. The standard InChI is InChI=1S/C11H15FN2.2ClH/c12-11-3-1-10(2-4-11)9-14-7-5-13-6-8-14;;/h1-4,13H,5-9H2;2*1H. The third-order valence-electron chi connectivity index (χ3n) is 2.53. The van der Waals surface area contributed by atoms with Gasteiger partial charge in [0.1, 0.15) is 5.82 Å². The lowest BCUT2D eigenvalue weighted by Crippen LogP contribution is -2.42. The Kier molecular flexibility index (Phi) is 7.68. The zero-order chi connectivity index (χ0) is 9.80. The molecule has 0 aliphatic carbocycles. The Labute approximate surface area is 108 Å². The second-order valence-electron chi connectivity index (χ2n) is 3.65. The van der Waals surface area contributed by atoms with Crippen LogP contribution in [0, 0.1) is 5.82 Å². The molecule has 1 saturated heterocycles. The highest BCUT2D eigenvalue weighted by Gasteiger charge is 2.09. The first kappa shape index (κ1) is 15.7. The van der Waals surface area contributed by atoms with Gasteiger partial charge in [-0.15, -0.1) is 24.8 Å². The maximum atomic E-state index is 12.6. The van der Waals surface area contributed by atoms with Gasteiger partial charge >= 0.3 is 0 Å². The summed E-state index contributed by atoms with van der Waals surface area (Å²) in [6, 6.07) is 6.77. The Bertz CT molecular complexity index is 287. The highest BCUT2D eigenvalue weighted by Crippen LogP contribution is 2.06. The van der Waals surface area contributed by atoms with Gasteiger partial charge in [-0.25, -0.2) is 4.39 Å². The molecule has 1 aliphatic heterocycles. The van der Waals surface area contributed by atoms with Crippen LogP contribution in [-0.4, -0.2) is 31.1 Å². The van der Waals surface area contributed by atoms with Gasteiger partial charge in [0, 0.05) is 32.7 Å². The molecule has 1 aromatic rings. The molecule has 1 fully saturated rings. The van der Waals surface area contributed by atoms with Crippen molar-refractivity contribution in [2.45, 2.75) is 6.54 Å². The van der Waals surface area contributed by atoms with Gasteiger partial charge in [0.25, 0.3) is 0 Å². The van der Waals surface area contributed by atoms with Crippen LogP contribution in [-0.2, 0) is 6.54 Å². The molecule has 16 heavy (non-hydrogen) atoms. The second kappa shape index (κ2) is 7.85. The minimum atomic E-state index is -0.158. The molecule has 5 heteroatoms. The van der Waals surface area contributed by atoms with Gasteiger partial charge in [-0.3, -0.25) is 4.90 Å². The van der Waals surface area contributed by atoms with E-state index in [4.69, 9.17) is 0 Å². The van der Waals surface area contributed by atoms with Crippen LogP contribution in [0.4, 0.5) is 4.39 Å². The highest BCUT2D eigenvalue weighted by atomic mass is 35.5. The molecule has 1 N–H and O–H groups in total. The fourth-order valence-electron chi connectivity index (χ4n) is 1.72. The van der Waals surface area contributed by atoms with E-state index in [2.05, 4.69) is 10.2 Å². The molecule has 0 amide bonds. The first-order valence-corrected chi connectivity index (χ1v) is 5.02. The van der Waals surface area contributed by atoms with Gasteiger partial charge in [-0.1, -0.05) is 12.1 Å². The van der Waals surface area contributed by atoms with Gasteiger partial charge in [0.05, 0.1) is 0 Å². The lowest BCUT2D eigenvalue weighted by Gasteiger charge is -2.27. The summed E-state index contributed by atoms with van der Waals surface area (Å²) in [7, 11) is 0. The zero-order valence-corrected chi connectivity index (χ0v) is 10.6. The van der Waals surface area contributed by atoms with Crippen molar-refractivity contribution in [1.82, 2.24) is 10.2 Å². The maximum absolute atomic E-state index is 12.6. The van der Waals surface area contributed by atoms with Crippen molar-refractivity contribution < 1.29 is 4.39 Å². The molecule has 0 spiro atoms. The number of piperazine rings is 1. The molecule has 2 nitrogen and oxygen atoms in total. The maximum Gasteiger partial charge on any atom is 0.123 e. The Balaban J connectivity index is 0.00000112. The van der Waals surface area contributed by atoms with Crippen molar-refractivity contribution in [2.24, 2.45) is 0 Å². The van der Waals surface area contributed by atoms with Crippen molar-refractivity contribution >= 4 is 24.8 Å². The van der Waals surface area contributed by atoms with Crippen molar-refractivity contribution in [3.8, 4) is 0 Å². The molecular formula is C11H17Cl2FN2. The van der Waals surface area contributed by atoms with E-state index in [0.29, 0.717) is 0 Å². The van der Waals surface area contributed by atoms with Crippen LogP contribution in [0.25, 0.3) is 0 Å². The number of hydrogen-bond acceptors (Lipinski definition) is 2. The SMILES string of the molecule is Cl.Cl.Fc1ccc(CN2CCNCC2)cc1. The summed E-state index contributed by atoms with van der Waals surface area (Å²) in [5.41, 5.74) is 1.19. The van der Waals surface area contributed by atoms with Gasteiger partial charge in [-0.05, 0) is 17.7 Å². The predicted molar refractivity (Wildman–Crippen MR) is 69.0 cm³/mol. The zero-order valence-electron chi connectivity index (χ0n) is 8.99. The van der Waals surface area contributed by atoms with E-state index in [-0.39, 0.29) is 30.6 Å². The number of rotatable bonds is 2. The molecule has 0 aromatic heterocycles. The molecule has 0 saturated carbocycles. The van der Waals surface area contributed by atoms with E-state index in [1.807, 2.05) is 12.1 Å². The van der Waals surface area contributed by atoms with Gasteiger partial charge in [0.2, 0.25) is 0 Å². The molecule has 1 aliphatic rings. The fourth-order valence-corrected chi connectivity index (χ4v) is 1.72. The quantitative estimate of drug-likeness (QED) is 0.882. The van der Waals surface area contributed by atoms with Gasteiger partial charge < -0.3 is 5.32 Å². The minimum Gasteiger partial charge on any atom is -0.314 e. The number of nitrogens with zero attached hydrogens (tertiary/aromatic N) is 1. The molecule has 1 aromatic carbocycles. The molecule has 0 unspecified atom stereocenters. The summed E-state index contributed by atoms with van der Waals surface area (Å²) in [6.45, 7) is 5.21. The van der Waals surface area contributed by atoms with Crippen molar-refractivity contribution in [3.05, 3.63) is 35.6 Å². The monoisotopic (exact) mass is 266 g/mol. The average molecular weight is 267 g/mol. The molecule has 1 heterocycles. The number of halogens is 3. The first-order chi connectivity index (χ1) is 6.84. The molecule has 0 bridgehead atoms. The van der Waals surface area contributed by atoms with Crippen molar-refractivity contribution in [2.75, 3.05) is 26.2 Å². The smallest absolute Gasteiger partial charge is 0.123 e. The number of hydrogen-bond donors (Lipinski definition) is 1. The van der Waals surface area contributed by atoms with E-state index < -0.39 is 0 Å². The van der Waals surface area contributed by atoms with Crippen LogP contribution >= 0.6 is 24.8 Å². The van der Waals surface area contributed by atoms with Crippen LogP contribution in [0.2, 0.25) is 0 Å². The third kappa shape index (κ3) is 4.66. The predicted octanol–water partition coefficient (Wildman–Crippen LogP) is 2.07. The first-order valence-electron chi connectivity index (χ1n) is 5.02. The lowest BCUT2D eigenvalue weighted by molar-refractivity contribution is 0.233. The summed E-state index contributed by atoms with van der Waals surface area (Å²) >= 11 is 0. The van der Waals surface area contributed by atoms with Crippen LogP contribution in [0.3, 0.4) is 0 Å². The van der Waals surface area contributed by atoms with Crippen LogP contribution in [0.1, 0.15) is 5.56 Å². The largest absolute Gasteiger partial charge is 0.314 e. The van der Waals surface area contributed by atoms with Crippen molar-refractivity contribution in [1.29, 1.82) is 0 Å². The average Bonchev–Trinajstić information content (AvgIpc) is 2.23. The van der Waals surface area contributed by atoms with E-state index in [1.165, 1.54) is 17.7 Å². The molecule has 0 radical (unpaired) electrons.